The fourth-order valence-electron chi connectivity index (χ4n) is 6.29. The number of aryl methyl sites for hydroxylation is 1. The summed E-state index contributed by atoms with van der Waals surface area (Å²) in [6.07, 6.45) is 8.85. The maximum absolute atomic E-state index is 12.7. The van der Waals surface area contributed by atoms with Crippen molar-refractivity contribution in [2.75, 3.05) is 20.3 Å². The Morgan fingerprint density at radius 2 is 2.17 bits per heavy atom. The standard InChI is InChI=1S/C24H37NO4.ClH/c1-17-6-9-21-23(2,11-5-12-24(21,3)22(27)28-4)19(17)8-7-18-10-15-29-20(18)16-25-13-14-26;/h10,15,19,21,25-26H,1,5-9,11-14,16H2,2-4H3;1H/t19-,21?,23+,24-;/m0./s1. The molecule has 5 nitrogen and oxygen atoms in total. The van der Waals surface area contributed by atoms with E-state index in [1.807, 2.05) is 0 Å². The molecule has 1 heterocycles. The van der Waals surface area contributed by atoms with Crippen LogP contribution in [0.3, 0.4) is 0 Å². The van der Waals surface area contributed by atoms with E-state index in [4.69, 9.17) is 14.3 Å². The van der Waals surface area contributed by atoms with E-state index in [0.29, 0.717) is 24.9 Å². The fraction of sp³-hybridized carbons (Fsp3) is 0.708. The van der Waals surface area contributed by atoms with Crippen molar-refractivity contribution in [3.05, 3.63) is 35.8 Å². The second-order valence-electron chi connectivity index (χ2n) is 9.38. The molecule has 1 unspecified atom stereocenters. The summed E-state index contributed by atoms with van der Waals surface area (Å²) in [5.41, 5.74) is 2.24. The number of hydrogen-bond acceptors (Lipinski definition) is 5. The van der Waals surface area contributed by atoms with Crippen molar-refractivity contribution in [3.8, 4) is 0 Å². The van der Waals surface area contributed by atoms with Crippen LogP contribution in [0.1, 0.15) is 63.7 Å². The molecule has 4 atom stereocenters. The minimum absolute atomic E-state index is 0. The Balaban J connectivity index is 0.00000320. The summed E-state index contributed by atoms with van der Waals surface area (Å²) < 4.78 is 10.9. The smallest absolute Gasteiger partial charge is 0.311 e. The molecule has 3 rings (SSSR count). The van der Waals surface area contributed by atoms with Gasteiger partial charge in [0.05, 0.1) is 31.9 Å². The normalized spacial score (nSPS) is 31.0. The van der Waals surface area contributed by atoms with E-state index in [0.717, 1.165) is 50.7 Å². The number of ether oxygens (including phenoxy) is 1. The summed E-state index contributed by atoms with van der Waals surface area (Å²) in [6, 6.07) is 2.06. The summed E-state index contributed by atoms with van der Waals surface area (Å²) in [7, 11) is 1.52. The lowest BCUT2D eigenvalue weighted by atomic mass is 9.46. The van der Waals surface area contributed by atoms with Crippen LogP contribution in [0, 0.1) is 22.7 Å². The average Bonchev–Trinajstić information content (AvgIpc) is 3.14. The topological polar surface area (TPSA) is 71.7 Å². The van der Waals surface area contributed by atoms with Gasteiger partial charge in [-0.25, -0.2) is 0 Å². The first-order valence-electron chi connectivity index (χ1n) is 11.0. The Hall–Kier alpha value is -1.30. The number of carbonyl (C=O) groups is 1. The van der Waals surface area contributed by atoms with Crippen molar-refractivity contribution >= 4 is 18.4 Å². The van der Waals surface area contributed by atoms with Gasteiger partial charge in [-0.15, -0.1) is 12.4 Å². The van der Waals surface area contributed by atoms with Gasteiger partial charge in [-0.2, -0.15) is 0 Å². The molecule has 0 saturated heterocycles. The Bertz CT molecular complexity index is 733. The zero-order chi connectivity index (χ0) is 21.1. The second kappa shape index (κ2) is 10.3. The lowest BCUT2D eigenvalue weighted by Crippen LogP contribution is -2.53. The van der Waals surface area contributed by atoms with E-state index >= 15 is 0 Å². The number of nitrogens with one attached hydrogen (secondary N) is 1. The van der Waals surface area contributed by atoms with Crippen LogP contribution in [0.15, 0.2) is 28.9 Å². The minimum Gasteiger partial charge on any atom is -0.469 e. The molecule has 170 valence electrons. The Kier molecular flexibility index (Phi) is 8.60. The molecule has 1 aromatic heterocycles. The molecule has 2 aliphatic carbocycles. The summed E-state index contributed by atoms with van der Waals surface area (Å²) in [4.78, 5) is 12.7. The van der Waals surface area contributed by atoms with Crippen molar-refractivity contribution in [2.24, 2.45) is 22.7 Å². The number of furan rings is 1. The number of rotatable bonds is 8. The highest BCUT2D eigenvalue weighted by atomic mass is 35.5. The predicted octanol–water partition coefficient (Wildman–Crippen LogP) is 4.67. The lowest BCUT2D eigenvalue weighted by Gasteiger charge is -2.57. The summed E-state index contributed by atoms with van der Waals surface area (Å²) in [6.45, 7) is 10.3. The molecule has 30 heavy (non-hydrogen) atoms. The number of hydrogen-bond donors (Lipinski definition) is 2. The van der Waals surface area contributed by atoms with Crippen LogP contribution in [-0.4, -0.2) is 31.3 Å². The first kappa shape index (κ1) is 25.0. The molecule has 0 radical (unpaired) electrons. The zero-order valence-electron chi connectivity index (χ0n) is 18.7. The molecule has 2 fully saturated rings. The zero-order valence-corrected chi connectivity index (χ0v) is 19.5. The fourth-order valence-corrected chi connectivity index (χ4v) is 6.29. The Morgan fingerprint density at radius 1 is 1.40 bits per heavy atom. The van der Waals surface area contributed by atoms with Gasteiger partial charge >= 0.3 is 5.97 Å². The predicted molar refractivity (Wildman–Crippen MR) is 121 cm³/mol. The highest BCUT2D eigenvalue weighted by Crippen LogP contribution is 2.62. The Labute approximate surface area is 187 Å². The van der Waals surface area contributed by atoms with E-state index in [-0.39, 0.29) is 30.4 Å². The highest BCUT2D eigenvalue weighted by Gasteiger charge is 2.57. The van der Waals surface area contributed by atoms with Crippen molar-refractivity contribution in [3.63, 3.8) is 0 Å². The Morgan fingerprint density at radius 3 is 2.87 bits per heavy atom. The number of methoxy groups -OCH3 is 1. The van der Waals surface area contributed by atoms with Crippen LogP contribution in [0.25, 0.3) is 0 Å². The van der Waals surface area contributed by atoms with Gasteiger partial charge in [-0.05, 0) is 74.3 Å². The summed E-state index contributed by atoms with van der Waals surface area (Å²) in [5.74, 6) is 1.64. The number of aliphatic hydroxyl groups is 1. The van der Waals surface area contributed by atoms with Crippen molar-refractivity contribution < 1.29 is 19.1 Å². The number of halogens is 1. The number of esters is 1. The van der Waals surface area contributed by atoms with Crippen LogP contribution in [0.5, 0.6) is 0 Å². The molecule has 2 N–H and O–H groups in total. The third-order valence-corrected chi connectivity index (χ3v) is 7.79. The second-order valence-corrected chi connectivity index (χ2v) is 9.38. The van der Waals surface area contributed by atoms with E-state index in [1.54, 1.807) is 6.26 Å². The molecule has 6 heteroatoms. The van der Waals surface area contributed by atoms with Gasteiger partial charge < -0.3 is 19.6 Å². The molecular formula is C24H38ClNO4. The lowest BCUT2D eigenvalue weighted by molar-refractivity contribution is -0.168. The largest absolute Gasteiger partial charge is 0.469 e. The number of aliphatic hydroxyl groups excluding tert-OH is 1. The molecule has 0 spiro atoms. The van der Waals surface area contributed by atoms with Crippen LogP contribution < -0.4 is 5.32 Å². The maximum Gasteiger partial charge on any atom is 0.311 e. The van der Waals surface area contributed by atoms with Gasteiger partial charge in [-0.1, -0.05) is 25.5 Å². The van der Waals surface area contributed by atoms with Crippen molar-refractivity contribution in [1.29, 1.82) is 0 Å². The first-order valence-corrected chi connectivity index (χ1v) is 11.0. The number of fused-ring (bicyclic) bond motifs is 1. The molecule has 0 amide bonds. The van der Waals surface area contributed by atoms with Crippen LogP contribution >= 0.6 is 12.4 Å². The van der Waals surface area contributed by atoms with Crippen molar-refractivity contribution in [1.82, 2.24) is 5.32 Å². The monoisotopic (exact) mass is 439 g/mol. The average molecular weight is 440 g/mol. The number of allylic oxidation sites excluding steroid dienone is 1. The molecule has 0 bridgehead atoms. The highest BCUT2D eigenvalue weighted by molar-refractivity contribution is 5.85. The van der Waals surface area contributed by atoms with Crippen LogP contribution in [0.2, 0.25) is 0 Å². The molecule has 2 aliphatic rings. The minimum atomic E-state index is -0.393. The van der Waals surface area contributed by atoms with E-state index in [9.17, 15) is 4.79 Å². The van der Waals surface area contributed by atoms with E-state index in [1.165, 1.54) is 18.2 Å². The van der Waals surface area contributed by atoms with Gasteiger partial charge in [0.15, 0.2) is 0 Å². The molecule has 0 aromatic carbocycles. The van der Waals surface area contributed by atoms with Gasteiger partial charge in [0.25, 0.3) is 0 Å². The molecule has 1 aromatic rings. The summed E-state index contributed by atoms with van der Waals surface area (Å²) in [5, 5.41) is 12.2. The molecule has 2 saturated carbocycles. The van der Waals surface area contributed by atoms with Gasteiger partial charge in [0.1, 0.15) is 5.76 Å². The van der Waals surface area contributed by atoms with Crippen LogP contribution in [-0.2, 0) is 22.5 Å². The van der Waals surface area contributed by atoms with Gasteiger partial charge in [0.2, 0.25) is 0 Å². The summed E-state index contributed by atoms with van der Waals surface area (Å²) >= 11 is 0. The van der Waals surface area contributed by atoms with Gasteiger partial charge in [0, 0.05) is 6.54 Å². The van der Waals surface area contributed by atoms with E-state index in [2.05, 4.69) is 31.8 Å². The molecule has 0 aliphatic heterocycles. The molecular weight excluding hydrogens is 402 g/mol. The third-order valence-electron chi connectivity index (χ3n) is 7.79. The SMILES string of the molecule is C=C1CCC2[C@](C)(CCC[C@]2(C)C(=O)OC)[C@H]1CCc1ccoc1CNCCO.Cl. The quantitative estimate of drug-likeness (QED) is 0.350. The number of carbonyl (C=O) groups excluding carboxylic acids is 1. The van der Waals surface area contributed by atoms with Crippen molar-refractivity contribution in [2.45, 2.75) is 65.3 Å². The van der Waals surface area contributed by atoms with Crippen LogP contribution in [0.4, 0.5) is 0 Å². The maximum atomic E-state index is 12.7. The third kappa shape index (κ3) is 4.63. The first-order chi connectivity index (χ1) is 13.9. The van der Waals surface area contributed by atoms with E-state index < -0.39 is 5.41 Å². The van der Waals surface area contributed by atoms with Gasteiger partial charge in [-0.3, -0.25) is 4.79 Å².